The molecule has 0 atom stereocenters. The molecule has 12 heteroatoms. The van der Waals surface area contributed by atoms with Gasteiger partial charge in [-0.3, -0.25) is 12.2 Å². The Hall–Kier alpha value is 0.477. The van der Waals surface area contributed by atoms with Gasteiger partial charge >= 0.3 is 62.6 Å². The van der Waals surface area contributed by atoms with Crippen LogP contribution in [0.25, 0.3) is 0 Å². The summed E-state index contributed by atoms with van der Waals surface area (Å²) in [6.45, 7) is 0. The molecule has 0 spiro atoms. The number of phenols is 1. The van der Waals surface area contributed by atoms with Crippen molar-refractivity contribution in [2.45, 2.75) is 0 Å². The first-order valence-corrected chi connectivity index (χ1v) is 4.67. The number of hydrogen-bond acceptors (Lipinski definition) is 7. The third-order valence-corrected chi connectivity index (χ3v) is 1.39. The Balaban J connectivity index is -0.000000164. The maximum Gasteiger partial charge on any atom is 1.00 e. The maximum absolute atomic E-state index is 11.1. The minimum atomic E-state index is -2.92. The molecule has 0 radical (unpaired) electrons. The monoisotopic (exact) mass is 282 g/mol. The van der Waals surface area contributed by atoms with Crippen molar-refractivity contribution in [3.8, 4) is 5.75 Å². The van der Waals surface area contributed by atoms with E-state index in [1.54, 1.807) is 12.1 Å². The van der Waals surface area contributed by atoms with Crippen molar-refractivity contribution in [3.63, 3.8) is 0 Å². The first kappa shape index (κ1) is 28.6. The van der Waals surface area contributed by atoms with E-state index in [-0.39, 0.29) is 74.0 Å². The topological polar surface area (TPSA) is 125 Å². The number of alkyl halides is 1. The molecule has 0 aliphatic carbocycles. The van der Waals surface area contributed by atoms with Crippen LogP contribution in [0.1, 0.15) is 10.4 Å². The van der Waals surface area contributed by atoms with Crippen molar-refractivity contribution >= 4 is 24.9 Å². The van der Waals surface area contributed by atoms with Crippen molar-refractivity contribution < 1.29 is 91.3 Å². The molecule has 0 aromatic heterocycles. The summed E-state index contributed by atoms with van der Waals surface area (Å²) in [5.41, 5.74) is 0.0348. The fourth-order valence-electron chi connectivity index (χ4n) is 0.767. The predicted octanol–water partition coefficient (Wildman–Crippen LogP) is -11.3. The normalized spacial score (nSPS) is 7.60. The number of carbonyl (C=O) groups is 1. The molecule has 1 N–H and O–H groups in total. The van der Waals surface area contributed by atoms with Crippen molar-refractivity contribution in [3.05, 3.63) is 29.8 Å². The smallest absolute Gasteiger partial charge is 0.907 e. The van der Waals surface area contributed by atoms with Crippen molar-refractivity contribution in [2.24, 2.45) is 0 Å². The summed E-state index contributed by atoms with van der Waals surface area (Å²) >= 11 is 5.11. The van der Waals surface area contributed by atoms with Gasteiger partial charge in [0.05, 0.1) is 0 Å². The van der Waals surface area contributed by atoms with Crippen LogP contribution in [0.15, 0.2) is 24.3 Å². The van der Waals surface area contributed by atoms with Gasteiger partial charge in [-0.1, -0.05) is 23.7 Å². The molecule has 0 aliphatic rings. The SMILES string of the molecule is O=C(OOCCl)c1ccccc1O.[Li+].[Li+].[Li+].[O-]B([O-])[O-]. The van der Waals surface area contributed by atoms with Gasteiger partial charge in [-0.05, 0) is 12.1 Å². The molecule has 1 aromatic rings. The molecule has 0 saturated carbocycles. The molecule has 0 saturated heterocycles. The van der Waals surface area contributed by atoms with Gasteiger partial charge in [0.1, 0.15) is 11.3 Å². The molecule has 0 aliphatic heterocycles. The van der Waals surface area contributed by atoms with Crippen LogP contribution in [-0.2, 0) is 9.78 Å². The molecule has 0 heterocycles. The molecule has 7 nitrogen and oxygen atoms in total. The number of halogens is 1. The second kappa shape index (κ2) is 17.5. The van der Waals surface area contributed by atoms with Crippen LogP contribution in [0.2, 0.25) is 0 Å². The molecular weight excluding hydrogens is 275 g/mol. The molecule has 1 aromatic carbocycles. The van der Waals surface area contributed by atoms with Crippen LogP contribution in [0, 0.1) is 0 Å². The number of hydrogen-bond donors (Lipinski definition) is 1. The van der Waals surface area contributed by atoms with Crippen LogP contribution in [0.4, 0.5) is 0 Å². The zero-order valence-electron chi connectivity index (χ0n) is 11.4. The quantitative estimate of drug-likeness (QED) is 0.252. The summed E-state index contributed by atoms with van der Waals surface area (Å²) in [6, 6.07) is 5.72. The van der Waals surface area contributed by atoms with Crippen LogP contribution < -0.4 is 71.7 Å². The Labute approximate surface area is 157 Å². The van der Waals surface area contributed by atoms with Gasteiger partial charge in [-0.25, -0.2) is 4.79 Å². The third kappa shape index (κ3) is 14.9. The van der Waals surface area contributed by atoms with E-state index in [4.69, 9.17) is 26.7 Å². The summed E-state index contributed by atoms with van der Waals surface area (Å²) < 4.78 is 0. The number of rotatable bonds is 3. The minimum absolute atomic E-state index is 0. The van der Waals surface area contributed by atoms with Gasteiger partial charge < -0.3 is 20.2 Å². The Bertz CT molecular complexity index is 356. The van der Waals surface area contributed by atoms with Crippen LogP contribution in [0.5, 0.6) is 5.75 Å². The maximum atomic E-state index is 11.1. The summed E-state index contributed by atoms with van der Waals surface area (Å²) in [5, 5.41) is 34.4. The Morgan fingerprint density at radius 3 is 2.05 bits per heavy atom. The van der Waals surface area contributed by atoms with E-state index in [2.05, 4.69) is 9.78 Å². The molecule has 0 bridgehead atoms. The molecule has 1 rings (SSSR count). The molecule has 20 heavy (non-hydrogen) atoms. The Morgan fingerprint density at radius 2 is 1.65 bits per heavy atom. The van der Waals surface area contributed by atoms with Crippen LogP contribution in [0.3, 0.4) is 0 Å². The van der Waals surface area contributed by atoms with E-state index in [0.29, 0.717) is 0 Å². The predicted molar refractivity (Wildman–Crippen MR) is 51.1 cm³/mol. The van der Waals surface area contributed by atoms with E-state index in [1.807, 2.05) is 0 Å². The number of carbonyl (C=O) groups excluding carboxylic acids is 1. The van der Waals surface area contributed by atoms with Crippen LogP contribution >= 0.6 is 11.6 Å². The van der Waals surface area contributed by atoms with E-state index < -0.39 is 13.3 Å². The van der Waals surface area contributed by atoms with Crippen molar-refractivity contribution in [2.75, 3.05) is 6.07 Å². The first-order valence-electron chi connectivity index (χ1n) is 4.14. The van der Waals surface area contributed by atoms with E-state index >= 15 is 0 Å². The van der Waals surface area contributed by atoms with E-state index in [0.717, 1.165) is 0 Å². The van der Waals surface area contributed by atoms with Crippen molar-refractivity contribution in [1.29, 1.82) is 0 Å². The van der Waals surface area contributed by atoms with Crippen molar-refractivity contribution in [1.82, 2.24) is 0 Å². The standard InChI is InChI=1S/C8H7ClO4.BO3.3Li/c9-5-12-13-8(11)6-3-1-2-4-7(6)10;2-1(3)4;;;/h1-4,10H,5H2;;;;/q;-3;3*+1. The number of phenolic OH excluding ortho intramolecular Hbond substituents is 1. The second-order valence-electron chi connectivity index (χ2n) is 2.40. The van der Waals surface area contributed by atoms with E-state index in [1.165, 1.54) is 12.1 Å². The summed E-state index contributed by atoms with van der Waals surface area (Å²) in [7, 11) is -2.92. The summed E-state index contributed by atoms with van der Waals surface area (Å²) in [4.78, 5) is 19.5. The number of para-hydroxylation sites is 1. The van der Waals surface area contributed by atoms with Gasteiger partial charge in [0.25, 0.3) is 0 Å². The molecule has 94 valence electrons. The Morgan fingerprint density at radius 1 is 1.20 bits per heavy atom. The van der Waals surface area contributed by atoms with Gasteiger partial charge in [0.15, 0.2) is 6.07 Å². The largest absolute Gasteiger partial charge is 1.00 e. The third-order valence-electron chi connectivity index (χ3n) is 1.30. The molecule has 0 amide bonds. The zero-order chi connectivity index (χ0) is 13.3. The Kier molecular flexibility index (Phi) is 25.1. The average molecular weight is 282 g/mol. The van der Waals surface area contributed by atoms with Gasteiger partial charge in [0.2, 0.25) is 0 Å². The second-order valence-corrected chi connectivity index (χ2v) is 2.62. The first-order chi connectivity index (χ1) is 7.99. The summed E-state index contributed by atoms with van der Waals surface area (Å²) in [5.74, 6) is -0.940. The minimum Gasteiger partial charge on any atom is -0.907 e. The van der Waals surface area contributed by atoms with Gasteiger partial charge in [-0.2, -0.15) is 4.89 Å². The van der Waals surface area contributed by atoms with Crippen LogP contribution in [-0.4, -0.2) is 24.5 Å². The average Bonchev–Trinajstić information content (AvgIpc) is 2.26. The molecule has 0 unspecified atom stereocenters. The fourth-order valence-corrected chi connectivity index (χ4v) is 0.811. The van der Waals surface area contributed by atoms with Gasteiger partial charge in [-0.15, -0.1) is 0 Å². The summed E-state index contributed by atoms with van der Waals surface area (Å²) in [6.07, 6.45) is 0. The van der Waals surface area contributed by atoms with E-state index in [9.17, 15) is 9.90 Å². The fraction of sp³-hybridized carbons (Fsp3) is 0.125. The molecule has 0 fully saturated rings. The van der Waals surface area contributed by atoms with Gasteiger partial charge in [0, 0.05) is 0 Å². The zero-order valence-corrected chi connectivity index (χ0v) is 12.1. The number of aromatic hydroxyl groups is 1. The number of benzene rings is 1. The molecular formula is C8H7BClLi3O7.